The molecule has 5 heteroatoms. The topological polar surface area (TPSA) is 49.4 Å². The molecule has 4 nitrogen and oxygen atoms in total. The van der Waals surface area contributed by atoms with Gasteiger partial charge in [-0.3, -0.25) is 14.5 Å². The number of hydrogen-bond donors (Lipinski definition) is 1. The molecule has 3 aliphatic rings. The third kappa shape index (κ3) is 2.54. The quantitative estimate of drug-likeness (QED) is 0.627. The molecule has 0 unspecified atom stereocenters. The van der Waals surface area contributed by atoms with Gasteiger partial charge in [0.25, 0.3) is 0 Å². The van der Waals surface area contributed by atoms with Crippen LogP contribution in [0.1, 0.15) is 27.4 Å². The minimum Gasteiger partial charge on any atom is -0.324 e. The van der Waals surface area contributed by atoms with Crippen LogP contribution in [0.4, 0.5) is 5.69 Å². The first kappa shape index (κ1) is 18.8. The average Bonchev–Trinajstić information content (AvgIpc) is 3.48. The highest BCUT2D eigenvalue weighted by molar-refractivity contribution is 7.99. The molecule has 31 heavy (non-hydrogen) atoms. The lowest BCUT2D eigenvalue weighted by Crippen LogP contribution is -2.52. The first-order chi connectivity index (χ1) is 15.2. The summed E-state index contributed by atoms with van der Waals surface area (Å²) in [6.45, 7) is 0. The second-order valence-electron chi connectivity index (χ2n) is 8.45. The van der Waals surface area contributed by atoms with Crippen LogP contribution in [0, 0.1) is 5.92 Å². The lowest BCUT2D eigenvalue weighted by Gasteiger charge is -2.36. The van der Waals surface area contributed by atoms with Gasteiger partial charge in [-0.25, -0.2) is 0 Å². The van der Waals surface area contributed by atoms with Crippen molar-refractivity contribution in [2.75, 3.05) is 16.9 Å². The molecule has 3 aliphatic heterocycles. The van der Waals surface area contributed by atoms with E-state index in [4.69, 9.17) is 0 Å². The van der Waals surface area contributed by atoms with Crippen LogP contribution in [-0.2, 0) is 10.3 Å². The number of hydrogen-bond acceptors (Lipinski definition) is 4. The second kappa shape index (κ2) is 7.08. The first-order valence-electron chi connectivity index (χ1n) is 10.6. The molecule has 1 spiro atoms. The number of nitrogens with zero attached hydrogens (tertiary/aromatic N) is 1. The van der Waals surface area contributed by atoms with E-state index in [1.54, 1.807) is 0 Å². The zero-order valence-electron chi connectivity index (χ0n) is 16.9. The van der Waals surface area contributed by atoms with Crippen LogP contribution in [0.2, 0.25) is 0 Å². The Hall–Kier alpha value is -2.89. The third-order valence-electron chi connectivity index (χ3n) is 7.05. The summed E-state index contributed by atoms with van der Waals surface area (Å²) in [6, 6.07) is 27.7. The minimum atomic E-state index is -0.988. The fourth-order valence-corrected chi connectivity index (χ4v) is 7.19. The second-order valence-corrected chi connectivity index (χ2v) is 9.45. The number of Topliss-reactive ketones (excluding diaryl/α,β-unsaturated/α-hetero) is 1. The Morgan fingerprint density at radius 3 is 2.39 bits per heavy atom. The number of carbonyl (C=O) groups excluding carboxylic acids is 2. The fraction of sp³-hybridized carbons (Fsp3) is 0.231. The number of nitrogens with one attached hydrogen (secondary N) is 1. The van der Waals surface area contributed by atoms with Crippen molar-refractivity contribution in [3.05, 3.63) is 102 Å². The van der Waals surface area contributed by atoms with E-state index in [0.717, 1.165) is 28.4 Å². The number of amides is 1. The molecular formula is C26H22N2O2S. The van der Waals surface area contributed by atoms with E-state index >= 15 is 0 Å². The molecule has 3 heterocycles. The van der Waals surface area contributed by atoms with Gasteiger partial charge >= 0.3 is 0 Å². The average molecular weight is 427 g/mol. The molecule has 3 aromatic carbocycles. The number of ketones is 1. The van der Waals surface area contributed by atoms with E-state index in [2.05, 4.69) is 22.3 Å². The molecule has 2 saturated heterocycles. The van der Waals surface area contributed by atoms with Crippen LogP contribution in [-0.4, -0.2) is 34.3 Å². The van der Waals surface area contributed by atoms with Gasteiger partial charge in [0.2, 0.25) is 5.91 Å². The van der Waals surface area contributed by atoms with E-state index in [1.807, 2.05) is 84.6 Å². The lowest BCUT2D eigenvalue weighted by molar-refractivity contribution is -0.127. The van der Waals surface area contributed by atoms with Gasteiger partial charge < -0.3 is 5.32 Å². The SMILES string of the molecule is O=C(c1ccccc1)[C@@H]1[C@H](c2ccccc2)[C@H]2CSCN2[C@]12C(=O)Nc1ccccc12. The Bertz CT molecular complexity index is 1170. The molecule has 154 valence electrons. The maximum absolute atomic E-state index is 14.2. The van der Waals surface area contributed by atoms with Gasteiger partial charge in [0, 0.05) is 40.4 Å². The van der Waals surface area contributed by atoms with E-state index in [-0.39, 0.29) is 23.7 Å². The summed E-state index contributed by atoms with van der Waals surface area (Å²) in [4.78, 5) is 30.3. The van der Waals surface area contributed by atoms with E-state index in [0.29, 0.717) is 5.56 Å². The van der Waals surface area contributed by atoms with Crippen molar-refractivity contribution in [3.8, 4) is 0 Å². The Kier molecular flexibility index (Phi) is 4.30. The number of benzene rings is 3. The van der Waals surface area contributed by atoms with Gasteiger partial charge in [0.05, 0.1) is 5.92 Å². The number of para-hydroxylation sites is 1. The smallest absolute Gasteiger partial charge is 0.250 e. The van der Waals surface area contributed by atoms with Crippen molar-refractivity contribution in [1.29, 1.82) is 0 Å². The predicted octanol–water partition coefficient (Wildman–Crippen LogP) is 4.51. The summed E-state index contributed by atoms with van der Waals surface area (Å²) in [5.74, 6) is 1.08. The molecule has 0 bridgehead atoms. The molecule has 0 radical (unpaired) electrons. The van der Waals surface area contributed by atoms with Crippen LogP contribution < -0.4 is 5.32 Å². The summed E-state index contributed by atoms with van der Waals surface area (Å²) in [5.41, 5.74) is 2.56. The van der Waals surface area contributed by atoms with Crippen LogP contribution in [0.25, 0.3) is 0 Å². The van der Waals surface area contributed by atoms with Crippen LogP contribution >= 0.6 is 11.8 Å². The van der Waals surface area contributed by atoms with Crippen LogP contribution in [0.3, 0.4) is 0 Å². The summed E-state index contributed by atoms with van der Waals surface area (Å²) >= 11 is 1.85. The molecule has 1 N–H and O–H groups in total. The molecule has 0 saturated carbocycles. The van der Waals surface area contributed by atoms with E-state index in [1.165, 1.54) is 0 Å². The van der Waals surface area contributed by atoms with Gasteiger partial charge in [-0.05, 0) is 11.6 Å². The zero-order valence-corrected chi connectivity index (χ0v) is 17.7. The Labute approximate surface area is 185 Å². The van der Waals surface area contributed by atoms with Gasteiger partial charge in [-0.15, -0.1) is 11.8 Å². The molecule has 1 amide bonds. The third-order valence-corrected chi connectivity index (χ3v) is 8.09. The number of carbonyl (C=O) groups is 2. The molecule has 4 atom stereocenters. The Morgan fingerprint density at radius 2 is 1.61 bits per heavy atom. The molecule has 0 aliphatic carbocycles. The highest BCUT2D eigenvalue weighted by atomic mass is 32.2. The van der Waals surface area contributed by atoms with Crippen molar-refractivity contribution in [2.24, 2.45) is 5.92 Å². The van der Waals surface area contributed by atoms with Gasteiger partial charge in [0.15, 0.2) is 5.78 Å². The standard InChI is InChI=1S/C26H22N2O2S/c29-24(18-11-5-2-6-12-18)23-22(17-9-3-1-4-10-17)21-15-31-16-28(21)26(23)19-13-7-8-14-20(19)27-25(26)30/h1-14,21-23H,15-16H2,(H,27,30)/t21-,22-,23+,26+/m1/s1. The van der Waals surface area contributed by atoms with Gasteiger partial charge in [0.1, 0.15) is 5.54 Å². The molecular weight excluding hydrogens is 404 g/mol. The number of thioether (sulfide) groups is 1. The van der Waals surface area contributed by atoms with E-state index < -0.39 is 11.5 Å². The number of rotatable bonds is 3. The molecule has 0 aromatic heterocycles. The highest BCUT2D eigenvalue weighted by Crippen LogP contribution is 2.61. The van der Waals surface area contributed by atoms with Crippen molar-refractivity contribution in [2.45, 2.75) is 17.5 Å². The van der Waals surface area contributed by atoms with Crippen LogP contribution in [0.15, 0.2) is 84.9 Å². The number of anilines is 1. The summed E-state index contributed by atoms with van der Waals surface area (Å²) in [5, 5.41) is 3.11. The predicted molar refractivity (Wildman–Crippen MR) is 123 cm³/mol. The largest absolute Gasteiger partial charge is 0.324 e. The lowest BCUT2D eigenvalue weighted by atomic mass is 9.69. The highest BCUT2D eigenvalue weighted by Gasteiger charge is 2.69. The maximum Gasteiger partial charge on any atom is 0.250 e. The number of fused-ring (bicyclic) bond motifs is 4. The van der Waals surface area contributed by atoms with Gasteiger partial charge in [-0.1, -0.05) is 78.9 Å². The molecule has 6 rings (SSSR count). The van der Waals surface area contributed by atoms with Crippen molar-refractivity contribution in [3.63, 3.8) is 0 Å². The Morgan fingerprint density at radius 1 is 0.935 bits per heavy atom. The molecule has 3 aromatic rings. The van der Waals surface area contributed by atoms with Gasteiger partial charge in [-0.2, -0.15) is 0 Å². The maximum atomic E-state index is 14.2. The molecule has 2 fully saturated rings. The van der Waals surface area contributed by atoms with Crippen molar-refractivity contribution < 1.29 is 9.59 Å². The van der Waals surface area contributed by atoms with Crippen LogP contribution in [0.5, 0.6) is 0 Å². The first-order valence-corrected chi connectivity index (χ1v) is 11.8. The minimum absolute atomic E-state index is 0.0423. The summed E-state index contributed by atoms with van der Waals surface area (Å²) in [6.07, 6.45) is 0. The summed E-state index contributed by atoms with van der Waals surface area (Å²) < 4.78 is 0. The normalized spacial score (nSPS) is 29.0. The van der Waals surface area contributed by atoms with Crippen molar-refractivity contribution >= 4 is 29.1 Å². The summed E-state index contributed by atoms with van der Waals surface area (Å²) in [7, 11) is 0. The fourth-order valence-electron chi connectivity index (χ4n) is 5.86. The monoisotopic (exact) mass is 426 g/mol. The zero-order chi connectivity index (χ0) is 21.0. The Balaban J connectivity index is 1.62. The van der Waals surface area contributed by atoms with Crippen molar-refractivity contribution in [1.82, 2.24) is 4.90 Å². The van der Waals surface area contributed by atoms with E-state index in [9.17, 15) is 9.59 Å².